The lowest BCUT2D eigenvalue weighted by atomic mass is 9.72. The van der Waals surface area contributed by atoms with Crippen LogP contribution < -0.4 is 9.47 Å². The summed E-state index contributed by atoms with van der Waals surface area (Å²) >= 11 is 1.66. The fourth-order valence-corrected chi connectivity index (χ4v) is 4.88. The van der Waals surface area contributed by atoms with Gasteiger partial charge in [-0.05, 0) is 48.3 Å². The summed E-state index contributed by atoms with van der Waals surface area (Å²) in [6, 6.07) is 8.07. The molecule has 0 amide bonds. The zero-order valence-corrected chi connectivity index (χ0v) is 17.4. The van der Waals surface area contributed by atoms with E-state index >= 15 is 0 Å². The van der Waals surface area contributed by atoms with Gasteiger partial charge < -0.3 is 9.47 Å². The molecular weight excluding hydrogens is 356 g/mol. The van der Waals surface area contributed by atoms with E-state index in [4.69, 9.17) is 9.47 Å². The molecule has 3 rings (SSSR count). The lowest BCUT2D eigenvalue weighted by molar-refractivity contribution is 0.218. The number of thiophene rings is 1. The summed E-state index contributed by atoms with van der Waals surface area (Å²) < 4.78 is 10.8. The minimum absolute atomic E-state index is 0.284. The highest BCUT2D eigenvalue weighted by atomic mass is 32.1. The smallest absolute Gasteiger partial charge is 0.169 e. The minimum atomic E-state index is 0.284. The molecule has 0 saturated carbocycles. The third-order valence-electron chi connectivity index (χ3n) is 5.34. The second-order valence-corrected chi connectivity index (χ2v) is 9.03. The van der Waals surface area contributed by atoms with E-state index in [9.17, 15) is 5.26 Å². The van der Waals surface area contributed by atoms with Crippen molar-refractivity contribution >= 4 is 22.6 Å². The molecule has 1 atom stereocenters. The van der Waals surface area contributed by atoms with Crippen molar-refractivity contribution in [2.45, 2.75) is 40.0 Å². The van der Waals surface area contributed by atoms with Gasteiger partial charge in [-0.15, -0.1) is 11.3 Å². The molecule has 0 saturated heterocycles. The maximum absolute atomic E-state index is 9.71. The lowest BCUT2D eigenvalue weighted by Crippen LogP contribution is -2.26. The Morgan fingerprint density at radius 1 is 1.26 bits per heavy atom. The van der Waals surface area contributed by atoms with Crippen molar-refractivity contribution in [3.63, 3.8) is 0 Å². The molecule has 0 radical (unpaired) electrons. The summed E-state index contributed by atoms with van der Waals surface area (Å²) in [5, 5.41) is 10.5. The Morgan fingerprint density at radius 2 is 2.04 bits per heavy atom. The maximum Gasteiger partial charge on any atom is 0.169 e. The largest absolute Gasteiger partial charge is 0.493 e. The van der Waals surface area contributed by atoms with Crippen molar-refractivity contribution in [2.24, 2.45) is 16.3 Å². The maximum atomic E-state index is 9.71. The molecule has 4 nitrogen and oxygen atoms in total. The number of para-hydroxylation sites is 1. The Balaban J connectivity index is 1.95. The molecule has 0 fully saturated rings. The van der Waals surface area contributed by atoms with Gasteiger partial charge in [0.15, 0.2) is 11.5 Å². The standard InChI is InChI=1S/C22H26N2O2S/c1-22(2,3)15-9-10-16-17(12-23)21(27-19(16)11-15)24-13-14-7-6-8-18(25-4)20(14)26-5/h6-8,13,15H,9-11H2,1-5H3/t15-/m0/s1. The van der Waals surface area contributed by atoms with Crippen LogP contribution in [0.1, 0.15) is 48.8 Å². The summed E-state index contributed by atoms with van der Waals surface area (Å²) in [6.45, 7) is 6.90. The Kier molecular flexibility index (Phi) is 5.57. The van der Waals surface area contributed by atoms with Crippen LogP contribution in [0, 0.1) is 22.7 Å². The van der Waals surface area contributed by atoms with Crippen molar-refractivity contribution in [1.82, 2.24) is 0 Å². The molecule has 1 heterocycles. The van der Waals surface area contributed by atoms with Crippen LogP contribution in [0.3, 0.4) is 0 Å². The topological polar surface area (TPSA) is 54.6 Å². The zero-order chi connectivity index (χ0) is 19.6. The van der Waals surface area contributed by atoms with Gasteiger partial charge in [0.05, 0.1) is 19.8 Å². The monoisotopic (exact) mass is 382 g/mol. The molecule has 142 valence electrons. The van der Waals surface area contributed by atoms with E-state index in [-0.39, 0.29) is 5.41 Å². The number of hydrogen-bond acceptors (Lipinski definition) is 5. The van der Waals surface area contributed by atoms with E-state index in [0.29, 0.717) is 17.4 Å². The number of nitriles is 1. The average Bonchev–Trinajstić information content (AvgIpc) is 3.01. The summed E-state index contributed by atoms with van der Waals surface area (Å²) in [5.41, 5.74) is 3.05. The normalized spacial score (nSPS) is 16.8. The molecule has 0 aliphatic heterocycles. The van der Waals surface area contributed by atoms with Gasteiger partial charge in [-0.25, -0.2) is 4.99 Å². The number of nitrogens with zero attached hydrogens (tertiary/aromatic N) is 2. The number of fused-ring (bicyclic) bond motifs is 1. The van der Waals surface area contributed by atoms with Crippen LogP contribution in [0.15, 0.2) is 23.2 Å². The zero-order valence-electron chi connectivity index (χ0n) is 16.6. The Hall–Kier alpha value is -2.32. The van der Waals surface area contributed by atoms with Gasteiger partial charge in [0.1, 0.15) is 11.1 Å². The summed E-state index contributed by atoms with van der Waals surface area (Å²) in [4.78, 5) is 5.98. The third-order valence-corrected chi connectivity index (χ3v) is 6.50. The predicted octanol–water partition coefficient (Wildman–Crippen LogP) is 5.54. The molecular formula is C22H26N2O2S. The fraction of sp³-hybridized carbons (Fsp3) is 0.455. The quantitative estimate of drug-likeness (QED) is 0.653. The SMILES string of the molecule is COc1cccc(C=Nc2sc3c(c2C#N)CC[C@H](C(C)(C)C)C3)c1OC. The third kappa shape index (κ3) is 3.86. The highest BCUT2D eigenvalue weighted by Gasteiger charge is 2.32. The van der Waals surface area contributed by atoms with Gasteiger partial charge in [-0.3, -0.25) is 0 Å². The van der Waals surface area contributed by atoms with E-state index in [1.807, 2.05) is 18.2 Å². The lowest BCUT2D eigenvalue weighted by Gasteiger charge is -2.33. The fourth-order valence-electron chi connectivity index (χ4n) is 3.66. The van der Waals surface area contributed by atoms with Gasteiger partial charge in [0.2, 0.25) is 0 Å². The van der Waals surface area contributed by atoms with E-state index in [1.165, 1.54) is 10.4 Å². The molecule has 1 aromatic heterocycles. The van der Waals surface area contributed by atoms with Crippen LogP contribution in [-0.2, 0) is 12.8 Å². The van der Waals surface area contributed by atoms with E-state index in [1.54, 1.807) is 31.8 Å². The van der Waals surface area contributed by atoms with Crippen LogP contribution >= 0.6 is 11.3 Å². The first-order valence-electron chi connectivity index (χ1n) is 9.18. The van der Waals surface area contributed by atoms with Crippen molar-refractivity contribution in [3.05, 3.63) is 39.8 Å². The summed E-state index contributed by atoms with van der Waals surface area (Å²) in [5.74, 6) is 1.96. The molecule has 27 heavy (non-hydrogen) atoms. The average molecular weight is 383 g/mol. The van der Waals surface area contributed by atoms with Crippen molar-refractivity contribution < 1.29 is 9.47 Å². The van der Waals surface area contributed by atoms with Crippen LogP contribution in [-0.4, -0.2) is 20.4 Å². The predicted molar refractivity (Wildman–Crippen MR) is 111 cm³/mol. The Bertz CT molecular complexity index is 900. The van der Waals surface area contributed by atoms with Gasteiger partial charge >= 0.3 is 0 Å². The first-order valence-corrected chi connectivity index (χ1v) is 10.00. The number of ether oxygens (including phenoxy) is 2. The van der Waals surface area contributed by atoms with E-state index in [2.05, 4.69) is 31.8 Å². The van der Waals surface area contributed by atoms with Crippen LogP contribution in [0.5, 0.6) is 11.5 Å². The van der Waals surface area contributed by atoms with Crippen molar-refractivity contribution in [1.29, 1.82) is 5.26 Å². The van der Waals surface area contributed by atoms with E-state index < -0.39 is 0 Å². The second kappa shape index (κ2) is 7.74. The minimum Gasteiger partial charge on any atom is -0.493 e. The van der Waals surface area contributed by atoms with Gasteiger partial charge in [0.25, 0.3) is 0 Å². The van der Waals surface area contributed by atoms with Crippen molar-refractivity contribution in [3.8, 4) is 17.6 Å². The molecule has 0 unspecified atom stereocenters. The first kappa shape index (κ1) is 19.4. The summed E-state index contributed by atoms with van der Waals surface area (Å²) in [6.07, 6.45) is 4.90. The van der Waals surface area contributed by atoms with Crippen LogP contribution in [0.4, 0.5) is 5.00 Å². The Labute approximate surface area is 165 Å². The van der Waals surface area contributed by atoms with Crippen LogP contribution in [0.2, 0.25) is 0 Å². The summed E-state index contributed by atoms with van der Waals surface area (Å²) in [7, 11) is 3.23. The van der Waals surface area contributed by atoms with E-state index in [0.717, 1.165) is 35.4 Å². The van der Waals surface area contributed by atoms with Gasteiger partial charge in [-0.1, -0.05) is 26.8 Å². The molecule has 1 aromatic carbocycles. The number of rotatable bonds is 4. The number of aliphatic imine (C=N–C) groups is 1. The van der Waals surface area contributed by atoms with Gasteiger partial charge in [0, 0.05) is 16.7 Å². The number of methoxy groups -OCH3 is 2. The molecule has 0 N–H and O–H groups in total. The van der Waals surface area contributed by atoms with Crippen molar-refractivity contribution in [2.75, 3.05) is 14.2 Å². The Morgan fingerprint density at radius 3 is 2.67 bits per heavy atom. The first-order chi connectivity index (χ1) is 12.9. The molecule has 0 spiro atoms. The number of benzene rings is 1. The highest BCUT2D eigenvalue weighted by molar-refractivity contribution is 7.16. The molecule has 5 heteroatoms. The second-order valence-electron chi connectivity index (χ2n) is 7.94. The molecule has 1 aliphatic rings. The van der Waals surface area contributed by atoms with Gasteiger partial charge in [-0.2, -0.15) is 5.26 Å². The molecule has 0 bridgehead atoms. The number of hydrogen-bond donors (Lipinski definition) is 0. The van der Waals surface area contributed by atoms with Crippen LogP contribution in [0.25, 0.3) is 0 Å². The highest BCUT2D eigenvalue weighted by Crippen LogP contribution is 2.45. The molecule has 1 aliphatic carbocycles. The molecule has 2 aromatic rings.